The summed E-state index contributed by atoms with van der Waals surface area (Å²) in [6.45, 7) is 0. The molecule has 14 heavy (non-hydrogen) atoms. The van der Waals surface area contributed by atoms with Gasteiger partial charge in [0.1, 0.15) is 5.82 Å². The molecule has 0 aliphatic rings. The highest BCUT2D eigenvalue weighted by Crippen LogP contribution is 2.33. The first-order valence-electron chi connectivity index (χ1n) is 3.52. The summed E-state index contributed by atoms with van der Waals surface area (Å²) in [7, 11) is 0. The second-order valence-electron chi connectivity index (χ2n) is 2.62. The molecular weight excluding hydrogens is 224 g/mol. The van der Waals surface area contributed by atoms with Crippen molar-refractivity contribution in [2.24, 2.45) is 0 Å². The SMILES string of the molecule is OC(c1ccc(Cl)c(F)c1)C(F)(F)F. The van der Waals surface area contributed by atoms with Crippen LogP contribution in [0.5, 0.6) is 0 Å². The Hall–Kier alpha value is -0.810. The first-order chi connectivity index (χ1) is 6.32. The summed E-state index contributed by atoms with van der Waals surface area (Å²) in [5.74, 6) is -0.993. The van der Waals surface area contributed by atoms with Gasteiger partial charge in [0.05, 0.1) is 5.02 Å². The normalized spacial score (nSPS) is 14.1. The van der Waals surface area contributed by atoms with Gasteiger partial charge in [0, 0.05) is 0 Å². The molecular formula is C8H5ClF4O. The first kappa shape index (κ1) is 11.3. The smallest absolute Gasteiger partial charge is 0.379 e. The highest BCUT2D eigenvalue weighted by molar-refractivity contribution is 6.30. The molecule has 1 aromatic rings. The van der Waals surface area contributed by atoms with Gasteiger partial charge in [-0.25, -0.2) is 4.39 Å². The Morgan fingerprint density at radius 3 is 2.29 bits per heavy atom. The molecule has 0 saturated heterocycles. The molecule has 0 aromatic heterocycles. The van der Waals surface area contributed by atoms with Crippen molar-refractivity contribution in [3.8, 4) is 0 Å². The zero-order valence-electron chi connectivity index (χ0n) is 6.65. The van der Waals surface area contributed by atoms with Crippen molar-refractivity contribution in [1.29, 1.82) is 0 Å². The van der Waals surface area contributed by atoms with Gasteiger partial charge < -0.3 is 5.11 Å². The van der Waals surface area contributed by atoms with Crippen LogP contribution in [-0.2, 0) is 0 Å². The summed E-state index contributed by atoms with van der Waals surface area (Å²) in [5, 5.41) is 8.45. The summed E-state index contributed by atoms with van der Waals surface area (Å²) < 4.78 is 48.6. The average Bonchev–Trinajstić information content (AvgIpc) is 2.07. The van der Waals surface area contributed by atoms with Crippen molar-refractivity contribution in [3.63, 3.8) is 0 Å². The van der Waals surface area contributed by atoms with Crippen LogP contribution in [0.2, 0.25) is 5.02 Å². The number of halogens is 5. The van der Waals surface area contributed by atoms with Crippen molar-refractivity contribution in [2.75, 3.05) is 0 Å². The molecule has 1 nitrogen and oxygen atoms in total. The van der Waals surface area contributed by atoms with Gasteiger partial charge in [0.2, 0.25) is 0 Å². The van der Waals surface area contributed by atoms with E-state index in [2.05, 4.69) is 0 Å². The summed E-state index contributed by atoms with van der Waals surface area (Å²) >= 11 is 5.26. The van der Waals surface area contributed by atoms with E-state index < -0.39 is 23.7 Å². The predicted octanol–water partition coefficient (Wildman–Crippen LogP) is 3.07. The van der Waals surface area contributed by atoms with E-state index in [9.17, 15) is 17.6 Å². The number of alkyl halides is 3. The topological polar surface area (TPSA) is 20.2 Å². The maximum atomic E-state index is 12.7. The average molecular weight is 229 g/mol. The minimum atomic E-state index is -4.81. The van der Waals surface area contributed by atoms with Crippen LogP contribution >= 0.6 is 11.6 Å². The van der Waals surface area contributed by atoms with E-state index in [1.165, 1.54) is 0 Å². The molecule has 0 spiro atoms. The maximum Gasteiger partial charge on any atom is 0.418 e. The van der Waals surface area contributed by atoms with Gasteiger partial charge in [0.25, 0.3) is 0 Å². The second-order valence-corrected chi connectivity index (χ2v) is 3.02. The van der Waals surface area contributed by atoms with Gasteiger partial charge in [-0.2, -0.15) is 13.2 Å². The molecule has 78 valence electrons. The fraction of sp³-hybridized carbons (Fsp3) is 0.250. The van der Waals surface area contributed by atoms with Crippen LogP contribution in [0.15, 0.2) is 18.2 Å². The summed E-state index contributed by atoms with van der Waals surface area (Å²) in [6.07, 6.45) is -7.49. The molecule has 0 radical (unpaired) electrons. The van der Waals surface area contributed by atoms with Gasteiger partial charge in [-0.15, -0.1) is 0 Å². The van der Waals surface area contributed by atoms with E-state index in [0.29, 0.717) is 6.07 Å². The third kappa shape index (κ3) is 2.36. The molecule has 0 saturated carbocycles. The minimum Gasteiger partial charge on any atom is -0.379 e. The zero-order chi connectivity index (χ0) is 10.9. The number of benzene rings is 1. The van der Waals surface area contributed by atoms with Crippen LogP contribution < -0.4 is 0 Å². The quantitative estimate of drug-likeness (QED) is 0.733. The van der Waals surface area contributed by atoms with Crippen LogP contribution in [0.25, 0.3) is 0 Å². The fourth-order valence-electron chi connectivity index (χ4n) is 0.871. The Balaban J connectivity index is 3.03. The lowest BCUT2D eigenvalue weighted by Gasteiger charge is -2.14. The molecule has 1 aromatic carbocycles. The number of rotatable bonds is 1. The fourth-order valence-corrected chi connectivity index (χ4v) is 0.989. The number of hydrogen-bond acceptors (Lipinski definition) is 1. The number of aliphatic hydroxyl groups excluding tert-OH is 1. The van der Waals surface area contributed by atoms with Crippen LogP contribution in [-0.4, -0.2) is 11.3 Å². The highest BCUT2D eigenvalue weighted by atomic mass is 35.5. The number of hydrogen-bond donors (Lipinski definition) is 1. The van der Waals surface area contributed by atoms with E-state index in [4.69, 9.17) is 16.7 Å². The Bertz CT molecular complexity index is 337. The lowest BCUT2D eigenvalue weighted by atomic mass is 10.1. The molecule has 1 rings (SSSR count). The molecule has 6 heteroatoms. The van der Waals surface area contributed by atoms with E-state index in [1.807, 2.05) is 0 Å². The van der Waals surface area contributed by atoms with Crippen molar-refractivity contribution in [1.82, 2.24) is 0 Å². The summed E-state index contributed by atoms with van der Waals surface area (Å²) in [6, 6.07) is 2.44. The Kier molecular flexibility index (Phi) is 3.01. The monoisotopic (exact) mass is 228 g/mol. The standard InChI is InChI=1S/C8H5ClF4O/c9-5-2-1-4(3-6(5)10)7(14)8(11,12)13/h1-3,7,14H. The predicted molar refractivity (Wildman–Crippen MR) is 42.4 cm³/mol. The van der Waals surface area contributed by atoms with Crippen molar-refractivity contribution >= 4 is 11.6 Å². The van der Waals surface area contributed by atoms with E-state index in [1.54, 1.807) is 0 Å². The molecule has 1 atom stereocenters. The molecule has 0 amide bonds. The van der Waals surface area contributed by atoms with Gasteiger partial charge in [-0.1, -0.05) is 17.7 Å². The zero-order valence-corrected chi connectivity index (χ0v) is 7.40. The van der Waals surface area contributed by atoms with Gasteiger partial charge in [-0.05, 0) is 17.7 Å². The van der Waals surface area contributed by atoms with Gasteiger partial charge in [0.15, 0.2) is 6.10 Å². The van der Waals surface area contributed by atoms with Crippen molar-refractivity contribution in [2.45, 2.75) is 12.3 Å². The molecule has 0 fully saturated rings. The third-order valence-electron chi connectivity index (χ3n) is 1.57. The van der Waals surface area contributed by atoms with E-state index >= 15 is 0 Å². The second kappa shape index (κ2) is 3.74. The first-order valence-corrected chi connectivity index (χ1v) is 3.90. The van der Waals surface area contributed by atoms with Gasteiger partial charge >= 0.3 is 6.18 Å². The van der Waals surface area contributed by atoms with E-state index in [-0.39, 0.29) is 5.02 Å². The third-order valence-corrected chi connectivity index (χ3v) is 1.88. The summed E-state index contributed by atoms with van der Waals surface area (Å²) in [4.78, 5) is 0. The largest absolute Gasteiger partial charge is 0.418 e. The van der Waals surface area contributed by atoms with Crippen LogP contribution in [0.1, 0.15) is 11.7 Å². The van der Waals surface area contributed by atoms with E-state index in [0.717, 1.165) is 12.1 Å². The minimum absolute atomic E-state index is 0.289. The molecule has 0 heterocycles. The van der Waals surface area contributed by atoms with Crippen LogP contribution in [0.3, 0.4) is 0 Å². The lowest BCUT2D eigenvalue weighted by molar-refractivity contribution is -0.206. The Morgan fingerprint density at radius 2 is 1.86 bits per heavy atom. The van der Waals surface area contributed by atoms with Crippen LogP contribution in [0.4, 0.5) is 17.6 Å². The molecule has 1 unspecified atom stereocenters. The Morgan fingerprint density at radius 1 is 1.29 bits per heavy atom. The molecule has 0 aliphatic heterocycles. The summed E-state index contributed by atoms with van der Waals surface area (Å²) in [5.41, 5.74) is -0.570. The lowest BCUT2D eigenvalue weighted by Crippen LogP contribution is -2.20. The van der Waals surface area contributed by atoms with Crippen molar-refractivity contribution < 1.29 is 22.7 Å². The number of aliphatic hydroxyl groups is 1. The molecule has 0 bridgehead atoms. The molecule has 1 N–H and O–H groups in total. The molecule has 0 aliphatic carbocycles. The van der Waals surface area contributed by atoms with Crippen molar-refractivity contribution in [3.05, 3.63) is 34.6 Å². The van der Waals surface area contributed by atoms with Crippen LogP contribution in [0, 0.1) is 5.82 Å². The van der Waals surface area contributed by atoms with Gasteiger partial charge in [-0.3, -0.25) is 0 Å². The maximum absolute atomic E-state index is 12.7. The Labute approximate surface area is 81.9 Å². The highest BCUT2D eigenvalue weighted by Gasteiger charge is 2.39.